The van der Waals surface area contributed by atoms with Gasteiger partial charge in [0.05, 0.1) is 17.1 Å². The number of H-pyrrole nitrogens is 1. The number of hydrogen-bond acceptors (Lipinski definition) is 3. The number of hydrogen-bond donors (Lipinski definition) is 1. The van der Waals surface area contributed by atoms with Gasteiger partial charge in [-0.2, -0.15) is 5.10 Å². The number of nitrogens with zero attached hydrogens (tertiary/aromatic N) is 2. The molecule has 112 valence electrons. The predicted octanol–water partition coefficient (Wildman–Crippen LogP) is 3.51. The fraction of sp³-hybridized carbons (Fsp3) is 0. The van der Waals surface area contributed by atoms with E-state index in [4.69, 9.17) is 4.74 Å². The fourth-order valence-corrected chi connectivity index (χ4v) is 2.51. The lowest BCUT2D eigenvalue weighted by atomic mass is 10.3. The number of ether oxygens (including phenoxy) is 1. The molecule has 0 aliphatic carbocycles. The first kappa shape index (κ1) is 13.3. The van der Waals surface area contributed by atoms with Crippen LogP contribution in [0, 0.1) is 0 Å². The van der Waals surface area contributed by atoms with Crippen molar-refractivity contribution in [2.24, 2.45) is 0 Å². The number of nitrogens with one attached hydrogen (secondary N) is 1. The largest absolute Gasteiger partial charge is 0.457 e. The number of aromatic amines is 1. The summed E-state index contributed by atoms with van der Waals surface area (Å²) >= 11 is 0. The van der Waals surface area contributed by atoms with Crippen molar-refractivity contribution < 1.29 is 4.74 Å². The third-order valence-electron chi connectivity index (χ3n) is 3.62. The molecule has 0 fully saturated rings. The Morgan fingerprint density at radius 2 is 1.65 bits per heavy atom. The van der Waals surface area contributed by atoms with Crippen LogP contribution >= 0.6 is 0 Å². The Bertz CT molecular complexity index is 1000. The highest BCUT2D eigenvalue weighted by Crippen LogP contribution is 2.23. The summed E-state index contributed by atoms with van der Waals surface area (Å²) in [5.41, 5.74) is 1.52. The molecular formula is C18H13N3O2. The maximum atomic E-state index is 11.7. The molecule has 23 heavy (non-hydrogen) atoms. The van der Waals surface area contributed by atoms with Crippen molar-refractivity contribution in [1.29, 1.82) is 0 Å². The van der Waals surface area contributed by atoms with Crippen LogP contribution in [0.5, 0.6) is 11.5 Å². The van der Waals surface area contributed by atoms with E-state index in [2.05, 4.69) is 10.2 Å². The zero-order valence-corrected chi connectivity index (χ0v) is 12.1. The van der Waals surface area contributed by atoms with E-state index in [1.54, 1.807) is 12.3 Å². The lowest BCUT2D eigenvalue weighted by Crippen LogP contribution is -2.07. The highest BCUT2D eigenvalue weighted by atomic mass is 16.5. The van der Waals surface area contributed by atoms with Gasteiger partial charge >= 0.3 is 0 Å². The van der Waals surface area contributed by atoms with E-state index in [1.165, 1.54) is 0 Å². The van der Waals surface area contributed by atoms with E-state index in [0.717, 1.165) is 22.7 Å². The zero-order chi connectivity index (χ0) is 15.6. The van der Waals surface area contributed by atoms with Crippen molar-refractivity contribution in [3.8, 4) is 17.2 Å². The van der Waals surface area contributed by atoms with Crippen LogP contribution in [0.25, 0.3) is 16.6 Å². The standard InChI is InChI=1S/C18H13N3O2/c22-18-16-10-11-21(17(16)12-19-20-18)13-6-8-15(9-7-13)23-14-4-2-1-3-5-14/h1-12H,(H,20,22). The van der Waals surface area contributed by atoms with E-state index in [1.807, 2.05) is 65.4 Å². The molecule has 4 rings (SSSR count). The SMILES string of the molecule is O=c1[nH]ncc2c1ccn2-c1ccc(Oc2ccccc2)cc1. The van der Waals surface area contributed by atoms with Crippen molar-refractivity contribution in [3.05, 3.63) is 83.4 Å². The van der Waals surface area contributed by atoms with Crippen molar-refractivity contribution in [1.82, 2.24) is 14.8 Å². The molecule has 0 bridgehead atoms. The Hall–Kier alpha value is -3.34. The number of fused-ring (bicyclic) bond motifs is 1. The van der Waals surface area contributed by atoms with Gasteiger partial charge in [0.1, 0.15) is 11.5 Å². The minimum absolute atomic E-state index is 0.190. The maximum absolute atomic E-state index is 11.7. The molecule has 0 saturated carbocycles. The fourth-order valence-electron chi connectivity index (χ4n) is 2.51. The smallest absolute Gasteiger partial charge is 0.273 e. The minimum Gasteiger partial charge on any atom is -0.457 e. The molecule has 2 aromatic heterocycles. The first-order valence-electron chi connectivity index (χ1n) is 7.19. The van der Waals surface area contributed by atoms with Gasteiger partial charge in [0.15, 0.2) is 0 Å². The van der Waals surface area contributed by atoms with E-state index in [0.29, 0.717) is 5.39 Å². The minimum atomic E-state index is -0.190. The molecule has 0 spiro atoms. The summed E-state index contributed by atoms with van der Waals surface area (Å²) in [6.45, 7) is 0. The molecule has 0 aliphatic rings. The summed E-state index contributed by atoms with van der Waals surface area (Å²) in [4.78, 5) is 11.7. The lowest BCUT2D eigenvalue weighted by molar-refractivity contribution is 0.482. The van der Waals surface area contributed by atoms with Gasteiger partial charge in [-0.25, -0.2) is 5.10 Å². The van der Waals surface area contributed by atoms with Gasteiger partial charge in [-0.05, 0) is 42.5 Å². The van der Waals surface area contributed by atoms with Crippen molar-refractivity contribution in [2.45, 2.75) is 0 Å². The Kier molecular flexibility index (Phi) is 3.16. The van der Waals surface area contributed by atoms with E-state index < -0.39 is 0 Å². The van der Waals surface area contributed by atoms with Crippen LogP contribution < -0.4 is 10.3 Å². The third kappa shape index (κ3) is 2.48. The van der Waals surface area contributed by atoms with Crippen molar-refractivity contribution in [3.63, 3.8) is 0 Å². The average Bonchev–Trinajstić information content (AvgIpc) is 3.02. The third-order valence-corrected chi connectivity index (χ3v) is 3.62. The van der Waals surface area contributed by atoms with Gasteiger partial charge in [-0.1, -0.05) is 18.2 Å². The van der Waals surface area contributed by atoms with Crippen LogP contribution in [0.4, 0.5) is 0 Å². The Balaban J connectivity index is 1.67. The molecule has 5 heteroatoms. The van der Waals surface area contributed by atoms with E-state index >= 15 is 0 Å². The highest BCUT2D eigenvalue weighted by molar-refractivity contribution is 5.79. The molecule has 4 aromatic rings. The van der Waals surface area contributed by atoms with Crippen LogP contribution in [0.3, 0.4) is 0 Å². The van der Waals surface area contributed by atoms with Crippen LogP contribution in [0.1, 0.15) is 0 Å². The molecule has 0 saturated heterocycles. The highest BCUT2D eigenvalue weighted by Gasteiger charge is 2.06. The molecule has 2 heterocycles. The summed E-state index contributed by atoms with van der Waals surface area (Å²) < 4.78 is 7.70. The monoisotopic (exact) mass is 303 g/mol. The molecular weight excluding hydrogens is 290 g/mol. The van der Waals surface area contributed by atoms with Crippen molar-refractivity contribution >= 4 is 10.9 Å². The molecule has 1 N–H and O–H groups in total. The molecule has 2 aromatic carbocycles. The van der Waals surface area contributed by atoms with Gasteiger partial charge in [0, 0.05) is 11.9 Å². The Morgan fingerprint density at radius 1 is 0.913 bits per heavy atom. The van der Waals surface area contributed by atoms with Crippen molar-refractivity contribution in [2.75, 3.05) is 0 Å². The second-order valence-corrected chi connectivity index (χ2v) is 5.09. The summed E-state index contributed by atoms with van der Waals surface area (Å²) in [7, 11) is 0. The molecule has 0 unspecified atom stereocenters. The maximum Gasteiger partial charge on any atom is 0.273 e. The topological polar surface area (TPSA) is 59.9 Å². The quantitative estimate of drug-likeness (QED) is 0.630. The van der Waals surface area contributed by atoms with E-state index in [9.17, 15) is 4.79 Å². The van der Waals surface area contributed by atoms with Crippen LogP contribution in [-0.4, -0.2) is 14.8 Å². The van der Waals surface area contributed by atoms with Gasteiger partial charge in [0.25, 0.3) is 5.56 Å². The number of aromatic nitrogens is 3. The second kappa shape index (κ2) is 5.46. The molecule has 0 radical (unpaired) electrons. The molecule has 0 amide bonds. The summed E-state index contributed by atoms with van der Waals surface area (Å²) in [5.74, 6) is 1.55. The molecule has 0 atom stereocenters. The summed E-state index contributed by atoms with van der Waals surface area (Å²) in [5, 5.41) is 6.91. The van der Waals surface area contributed by atoms with Gasteiger partial charge in [-0.15, -0.1) is 0 Å². The second-order valence-electron chi connectivity index (χ2n) is 5.09. The number of rotatable bonds is 3. The number of benzene rings is 2. The van der Waals surface area contributed by atoms with Crippen LogP contribution in [0.15, 0.2) is 77.9 Å². The van der Waals surface area contributed by atoms with Gasteiger partial charge < -0.3 is 9.30 Å². The normalized spacial score (nSPS) is 10.8. The Labute approximate surface area is 131 Å². The van der Waals surface area contributed by atoms with Gasteiger partial charge in [-0.3, -0.25) is 4.79 Å². The Morgan fingerprint density at radius 3 is 2.43 bits per heavy atom. The zero-order valence-electron chi connectivity index (χ0n) is 12.1. The molecule has 0 aliphatic heterocycles. The average molecular weight is 303 g/mol. The first-order valence-corrected chi connectivity index (χ1v) is 7.19. The molecule has 5 nitrogen and oxygen atoms in total. The van der Waals surface area contributed by atoms with Crippen LogP contribution in [-0.2, 0) is 0 Å². The summed E-state index contributed by atoms with van der Waals surface area (Å²) in [6.07, 6.45) is 3.50. The van der Waals surface area contributed by atoms with Crippen LogP contribution in [0.2, 0.25) is 0 Å². The first-order chi connectivity index (χ1) is 11.3. The number of para-hydroxylation sites is 1. The predicted molar refractivity (Wildman–Crippen MR) is 88.2 cm³/mol. The van der Waals surface area contributed by atoms with E-state index in [-0.39, 0.29) is 5.56 Å². The summed E-state index contributed by atoms with van der Waals surface area (Å²) in [6, 6.07) is 19.1. The van der Waals surface area contributed by atoms with Gasteiger partial charge in [0.2, 0.25) is 0 Å². The lowest BCUT2D eigenvalue weighted by Gasteiger charge is -2.08.